The summed E-state index contributed by atoms with van der Waals surface area (Å²) in [5.41, 5.74) is 0.187. The molecule has 0 saturated heterocycles. The molecule has 0 aliphatic heterocycles. The predicted octanol–water partition coefficient (Wildman–Crippen LogP) is 5.46. The fourth-order valence-corrected chi connectivity index (χ4v) is 11.7. The highest BCUT2D eigenvalue weighted by molar-refractivity contribution is 5.87. The van der Waals surface area contributed by atoms with Crippen molar-refractivity contribution in [1.29, 1.82) is 0 Å². The van der Waals surface area contributed by atoms with Crippen LogP contribution in [0.5, 0.6) is 0 Å². The number of carbonyl (C=O) groups excluding carboxylic acids is 3. The van der Waals surface area contributed by atoms with Gasteiger partial charge in [-0.3, -0.25) is 19.2 Å². The van der Waals surface area contributed by atoms with Crippen molar-refractivity contribution in [3.8, 4) is 0 Å². The van der Waals surface area contributed by atoms with Crippen LogP contribution in [0.2, 0.25) is 0 Å². The zero-order valence-corrected chi connectivity index (χ0v) is 35.8. The highest BCUT2D eigenvalue weighted by atomic mass is 16.6. The number of carbonyl (C=O) groups is 6. The van der Waals surface area contributed by atoms with Crippen LogP contribution in [0.4, 0.5) is 0 Å². The lowest BCUT2D eigenvalue weighted by atomic mass is 9.47. The maximum atomic E-state index is 14.1. The molecule has 0 aromatic rings. The lowest BCUT2D eigenvalue weighted by Crippen LogP contribution is -2.54. The van der Waals surface area contributed by atoms with Crippen molar-refractivity contribution in [1.82, 2.24) is 0 Å². The number of allylic oxidation sites excluding steroid dienone is 1. The number of ether oxygens (including phenoxy) is 5. The lowest BCUT2D eigenvalue weighted by Gasteiger charge is -2.58. The zero-order valence-electron chi connectivity index (χ0n) is 35.8. The van der Waals surface area contributed by atoms with Crippen LogP contribution in [-0.4, -0.2) is 109 Å². The lowest BCUT2D eigenvalue weighted by molar-refractivity contribution is -0.181. The number of carboxylic acids is 3. The second kappa shape index (κ2) is 19.3. The van der Waals surface area contributed by atoms with Gasteiger partial charge in [0.1, 0.15) is 11.8 Å². The Morgan fingerprint density at radius 1 is 0.746 bits per heavy atom. The Balaban J connectivity index is 1.55. The summed E-state index contributed by atoms with van der Waals surface area (Å²) in [6, 6.07) is 0. The topological polar surface area (TPSA) is 229 Å². The molecule has 59 heavy (non-hydrogen) atoms. The minimum atomic E-state index is -1.69. The SMILES string of the molecule is C=C1CCC2[C@](C)(COC(=O)[C@@H](CC(=O)O)[C@@H](OC[C@H]3C(C)=CCC4[C@](C)(CO)CCC[C@@]43C)C(=O)OC)CCC[C@]2(C)[C@H]1CO[C@@H](C(=O)OC)[C@H](CC(=O)O)C(=O)O. The third kappa shape index (κ3) is 10.0. The van der Waals surface area contributed by atoms with Crippen molar-refractivity contribution in [3.05, 3.63) is 23.8 Å². The molecule has 15 heteroatoms. The Hall–Kier alpha value is -3.82. The number of aliphatic hydroxyl groups is 1. The van der Waals surface area contributed by atoms with Gasteiger partial charge in [0.2, 0.25) is 0 Å². The number of hydrogen-bond acceptors (Lipinski definition) is 12. The van der Waals surface area contributed by atoms with Crippen molar-refractivity contribution in [2.75, 3.05) is 40.6 Å². The molecular weight excluding hydrogens is 768 g/mol. The quantitative estimate of drug-likeness (QED) is 0.0719. The van der Waals surface area contributed by atoms with Crippen molar-refractivity contribution in [3.63, 3.8) is 0 Å². The molecule has 4 aliphatic carbocycles. The molecule has 12 atom stereocenters. The summed E-state index contributed by atoms with van der Waals surface area (Å²) in [5.74, 6) is -10.7. The second-order valence-corrected chi connectivity index (χ2v) is 18.7. The highest BCUT2D eigenvalue weighted by Gasteiger charge is 2.57. The first-order valence-corrected chi connectivity index (χ1v) is 20.8. The van der Waals surface area contributed by atoms with Gasteiger partial charge in [-0.2, -0.15) is 0 Å². The number of aliphatic hydroxyl groups excluding tert-OH is 1. The van der Waals surface area contributed by atoms with Crippen molar-refractivity contribution in [2.45, 2.75) is 117 Å². The van der Waals surface area contributed by atoms with Gasteiger partial charge < -0.3 is 44.1 Å². The maximum absolute atomic E-state index is 14.1. The second-order valence-electron chi connectivity index (χ2n) is 18.7. The zero-order chi connectivity index (χ0) is 44.1. The summed E-state index contributed by atoms with van der Waals surface area (Å²) in [6.07, 6.45) is 4.12. The highest BCUT2D eigenvalue weighted by Crippen LogP contribution is 2.62. The van der Waals surface area contributed by atoms with E-state index in [0.717, 1.165) is 51.0 Å². The van der Waals surface area contributed by atoms with Crippen LogP contribution < -0.4 is 0 Å². The number of hydrogen-bond donors (Lipinski definition) is 4. The molecule has 332 valence electrons. The van der Waals surface area contributed by atoms with Gasteiger partial charge in [0, 0.05) is 23.9 Å². The van der Waals surface area contributed by atoms with Crippen LogP contribution in [0.15, 0.2) is 23.8 Å². The van der Waals surface area contributed by atoms with Gasteiger partial charge in [-0.15, -0.1) is 0 Å². The Bertz CT molecular complexity index is 1640. The van der Waals surface area contributed by atoms with Gasteiger partial charge in [0.15, 0.2) is 12.2 Å². The Kier molecular flexibility index (Phi) is 15.6. The largest absolute Gasteiger partial charge is 0.481 e. The molecule has 0 spiro atoms. The first-order chi connectivity index (χ1) is 27.6. The summed E-state index contributed by atoms with van der Waals surface area (Å²) in [7, 11) is 2.22. The van der Waals surface area contributed by atoms with Crippen LogP contribution in [-0.2, 0) is 52.5 Å². The third-order valence-corrected chi connectivity index (χ3v) is 15.1. The van der Waals surface area contributed by atoms with Crippen LogP contribution >= 0.6 is 0 Å². The molecule has 4 aliphatic rings. The normalized spacial score (nSPS) is 33.8. The fourth-order valence-electron chi connectivity index (χ4n) is 11.7. The number of fused-ring (bicyclic) bond motifs is 2. The molecule has 0 aromatic carbocycles. The summed E-state index contributed by atoms with van der Waals surface area (Å²) in [5, 5.41) is 39.5. The van der Waals surface area contributed by atoms with Gasteiger partial charge in [-0.1, -0.05) is 64.3 Å². The van der Waals surface area contributed by atoms with Gasteiger partial charge in [0.05, 0.1) is 46.9 Å². The molecule has 4 rings (SSSR count). The van der Waals surface area contributed by atoms with Gasteiger partial charge in [-0.05, 0) is 80.0 Å². The van der Waals surface area contributed by atoms with E-state index in [4.69, 9.17) is 23.7 Å². The number of methoxy groups -OCH3 is 2. The molecule has 15 nitrogen and oxygen atoms in total. The molecule has 0 radical (unpaired) electrons. The van der Waals surface area contributed by atoms with E-state index in [9.17, 15) is 49.2 Å². The molecular formula is C44H66O15. The minimum Gasteiger partial charge on any atom is -0.481 e. The molecule has 0 bridgehead atoms. The van der Waals surface area contributed by atoms with E-state index in [1.54, 1.807) is 0 Å². The molecule has 2 unspecified atom stereocenters. The van der Waals surface area contributed by atoms with Crippen LogP contribution in [0.3, 0.4) is 0 Å². The van der Waals surface area contributed by atoms with Crippen LogP contribution in [0.1, 0.15) is 105 Å². The Morgan fingerprint density at radius 2 is 1.25 bits per heavy atom. The standard InChI is InChI=1S/C44H66O15/c1-25-11-13-31-41(3,23-45)15-9-17-43(31,5)29(25)22-58-36(40(54)56-8)28(20-34(48)49)38(52)59-24-42(4)16-10-18-44(6)30(26(2)12-14-32(42)44)21-57-35(39(53)55-7)27(37(50)51)19-33(46)47/h11,27-32,35-36,45H,2,9-10,12-24H2,1,3-8H3,(H,46,47)(H,48,49)(H,50,51)/t27-,28-,29-,30-,31?,32?,35+,36+,41-,42-,43+,44+/m0/s1. The van der Waals surface area contributed by atoms with Crippen molar-refractivity contribution >= 4 is 35.8 Å². The van der Waals surface area contributed by atoms with Crippen LogP contribution in [0.25, 0.3) is 0 Å². The van der Waals surface area contributed by atoms with E-state index in [1.165, 1.54) is 0 Å². The molecule has 3 saturated carbocycles. The van der Waals surface area contributed by atoms with E-state index in [2.05, 4.69) is 33.4 Å². The van der Waals surface area contributed by atoms with Crippen molar-refractivity contribution in [2.24, 2.45) is 57.2 Å². The maximum Gasteiger partial charge on any atom is 0.335 e. The third-order valence-electron chi connectivity index (χ3n) is 15.1. The fraction of sp³-hybridized carbons (Fsp3) is 0.773. The first-order valence-electron chi connectivity index (χ1n) is 20.8. The monoisotopic (exact) mass is 834 g/mol. The van der Waals surface area contributed by atoms with E-state index < -0.39 is 83.5 Å². The molecule has 0 amide bonds. The van der Waals surface area contributed by atoms with E-state index in [-0.39, 0.29) is 60.9 Å². The van der Waals surface area contributed by atoms with Crippen molar-refractivity contribution < 1.29 is 72.9 Å². The molecule has 0 heterocycles. The summed E-state index contributed by atoms with van der Waals surface area (Å²) < 4.78 is 28.2. The Morgan fingerprint density at radius 3 is 1.78 bits per heavy atom. The predicted molar refractivity (Wildman–Crippen MR) is 212 cm³/mol. The summed E-state index contributed by atoms with van der Waals surface area (Å²) in [6.45, 7) is 14.5. The number of esters is 3. The average Bonchev–Trinajstić information content (AvgIpc) is 3.16. The summed E-state index contributed by atoms with van der Waals surface area (Å²) in [4.78, 5) is 76.0. The van der Waals surface area contributed by atoms with E-state index in [1.807, 2.05) is 13.8 Å². The molecule has 3 fully saturated rings. The van der Waals surface area contributed by atoms with Gasteiger partial charge in [0.25, 0.3) is 0 Å². The number of rotatable bonds is 19. The Labute approximate surface area is 347 Å². The smallest absolute Gasteiger partial charge is 0.335 e. The minimum absolute atomic E-state index is 0.0336. The summed E-state index contributed by atoms with van der Waals surface area (Å²) >= 11 is 0. The molecule has 0 aromatic heterocycles. The average molecular weight is 835 g/mol. The molecule has 4 N–H and O–H groups in total. The van der Waals surface area contributed by atoms with Gasteiger partial charge in [-0.25, -0.2) is 9.59 Å². The first kappa shape index (κ1) is 47.9. The van der Waals surface area contributed by atoms with Gasteiger partial charge >= 0.3 is 35.8 Å². The van der Waals surface area contributed by atoms with E-state index in [0.29, 0.717) is 32.1 Å². The van der Waals surface area contributed by atoms with E-state index >= 15 is 0 Å². The van der Waals surface area contributed by atoms with Crippen LogP contribution in [0, 0.1) is 57.2 Å². The number of carboxylic acid groups (broad SMARTS) is 3. The number of aliphatic carboxylic acids is 3.